The second kappa shape index (κ2) is 5.93. The fourth-order valence-corrected chi connectivity index (χ4v) is 3.40. The predicted molar refractivity (Wildman–Crippen MR) is 91.8 cm³/mol. The van der Waals surface area contributed by atoms with E-state index in [9.17, 15) is 14.7 Å². The third-order valence-electron chi connectivity index (χ3n) is 3.79. The Balaban J connectivity index is 2.27. The summed E-state index contributed by atoms with van der Waals surface area (Å²) in [6, 6.07) is 13.0. The normalized spacial score (nSPS) is 15.1. The molecule has 0 bridgehead atoms. The monoisotopic (exact) mass is 325 g/mol. The molecule has 4 nitrogen and oxygen atoms in total. The number of carbonyl (C=O) groups excluding carboxylic acids is 1. The van der Waals surface area contributed by atoms with E-state index in [2.05, 4.69) is 0 Å². The Kier molecular flexibility index (Phi) is 3.96. The van der Waals surface area contributed by atoms with Gasteiger partial charge in [-0.25, -0.2) is 4.79 Å². The third-order valence-corrected chi connectivity index (χ3v) is 4.58. The van der Waals surface area contributed by atoms with Gasteiger partial charge in [-0.15, -0.1) is 11.8 Å². The van der Waals surface area contributed by atoms with Gasteiger partial charge < -0.3 is 5.11 Å². The molecule has 0 spiro atoms. The molecule has 0 fully saturated rings. The van der Waals surface area contributed by atoms with Gasteiger partial charge in [0.25, 0.3) is 5.91 Å². The third kappa shape index (κ3) is 2.53. The van der Waals surface area contributed by atoms with Gasteiger partial charge in [-0.2, -0.15) is 0 Å². The Morgan fingerprint density at radius 2 is 1.91 bits per heavy atom. The maximum Gasteiger partial charge on any atom is 0.330 e. The fourth-order valence-electron chi connectivity index (χ4n) is 2.82. The number of carboxylic acids is 1. The number of thioether (sulfide) groups is 1. The molecule has 1 aliphatic heterocycles. The summed E-state index contributed by atoms with van der Waals surface area (Å²) in [4.78, 5) is 26.6. The lowest BCUT2D eigenvalue weighted by Crippen LogP contribution is -2.23. The molecule has 1 aliphatic rings. The minimum atomic E-state index is -1.08. The number of aryl methyl sites for hydroxylation is 1. The van der Waals surface area contributed by atoms with Crippen molar-refractivity contribution in [2.24, 2.45) is 0 Å². The van der Waals surface area contributed by atoms with Gasteiger partial charge >= 0.3 is 5.97 Å². The summed E-state index contributed by atoms with van der Waals surface area (Å²) in [6.07, 6.45) is 3.03. The topological polar surface area (TPSA) is 57.6 Å². The van der Waals surface area contributed by atoms with Crippen molar-refractivity contribution in [1.82, 2.24) is 0 Å². The zero-order valence-electron chi connectivity index (χ0n) is 12.7. The average Bonchev–Trinajstić information content (AvgIpc) is 2.80. The van der Waals surface area contributed by atoms with Gasteiger partial charge in [0, 0.05) is 16.5 Å². The van der Waals surface area contributed by atoms with Crippen LogP contribution in [0.5, 0.6) is 0 Å². The SMILES string of the molecule is CSc1ccccc1N1C(=O)c2c(C)cccc2/C1=C\C(=O)O. The van der Waals surface area contributed by atoms with E-state index in [4.69, 9.17) is 0 Å². The number of hydrogen-bond donors (Lipinski definition) is 1. The minimum Gasteiger partial charge on any atom is -0.478 e. The lowest BCUT2D eigenvalue weighted by Gasteiger charge is -2.20. The molecule has 116 valence electrons. The van der Waals surface area contributed by atoms with Crippen molar-refractivity contribution in [3.8, 4) is 0 Å². The second-order valence-electron chi connectivity index (χ2n) is 5.18. The first kappa shape index (κ1) is 15.4. The standard InChI is InChI=1S/C18H15NO3S/c1-11-6-5-7-12-14(10-16(20)21)19(18(22)17(11)12)13-8-3-4-9-15(13)23-2/h3-10H,1-2H3,(H,20,21)/b14-10+. The number of para-hydroxylation sites is 1. The van der Waals surface area contributed by atoms with E-state index >= 15 is 0 Å². The smallest absolute Gasteiger partial charge is 0.330 e. The number of carboxylic acid groups (broad SMARTS) is 1. The maximum atomic E-state index is 13.0. The van der Waals surface area contributed by atoms with E-state index in [0.717, 1.165) is 16.5 Å². The average molecular weight is 325 g/mol. The van der Waals surface area contributed by atoms with Gasteiger partial charge in [-0.05, 0) is 30.9 Å². The summed E-state index contributed by atoms with van der Waals surface area (Å²) in [5, 5.41) is 9.23. The van der Waals surface area contributed by atoms with E-state index < -0.39 is 5.97 Å². The first-order valence-electron chi connectivity index (χ1n) is 7.06. The van der Waals surface area contributed by atoms with Gasteiger partial charge in [0.15, 0.2) is 0 Å². The van der Waals surface area contributed by atoms with Crippen LogP contribution < -0.4 is 4.90 Å². The molecule has 3 rings (SSSR count). The molecule has 0 saturated heterocycles. The number of rotatable bonds is 3. The zero-order valence-corrected chi connectivity index (χ0v) is 13.6. The number of anilines is 1. The van der Waals surface area contributed by atoms with Crippen LogP contribution in [0.3, 0.4) is 0 Å². The number of benzene rings is 2. The molecule has 1 N–H and O–H groups in total. The summed E-state index contributed by atoms with van der Waals surface area (Å²) < 4.78 is 0. The van der Waals surface area contributed by atoms with Crippen LogP contribution >= 0.6 is 11.8 Å². The number of fused-ring (bicyclic) bond motifs is 1. The number of hydrogen-bond acceptors (Lipinski definition) is 3. The van der Waals surface area contributed by atoms with E-state index in [1.807, 2.05) is 49.6 Å². The van der Waals surface area contributed by atoms with Crippen molar-refractivity contribution in [3.05, 3.63) is 65.2 Å². The zero-order chi connectivity index (χ0) is 16.6. The number of carbonyl (C=O) groups is 2. The molecule has 1 amide bonds. The second-order valence-corrected chi connectivity index (χ2v) is 6.03. The van der Waals surface area contributed by atoms with Gasteiger partial charge in [0.1, 0.15) is 0 Å². The molecule has 0 radical (unpaired) electrons. The lowest BCUT2D eigenvalue weighted by atomic mass is 10.0. The molecule has 0 unspecified atom stereocenters. The molecular weight excluding hydrogens is 310 g/mol. The Labute approximate surface area is 138 Å². The highest BCUT2D eigenvalue weighted by atomic mass is 32.2. The highest BCUT2D eigenvalue weighted by Gasteiger charge is 2.35. The maximum absolute atomic E-state index is 13.0. The summed E-state index contributed by atoms with van der Waals surface area (Å²) >= 11 is 1.52. The van der Waals surface area contributed by atoms with Crippen LogP contribution in [0.4, 0.5) is 5.69 Å². The Morgan fingerprint density at radius 3 is 2.61 bits per heavy atom. The van der Waals surface area contributed by atoms with Crippen LogP contribution in [0.15, 0.2) is 53.4 Å². The number of aliphatic carboxylic acids is 1. The van der Waals surface area contributed by atoms with E-state index in [1.54, 1.807) is 6.07 Å². The first-order chi connectivity index (χ1) is 11.0. The Bertz CT molecular complexity index is 842. The highest BCUT2D eigenvalue weighted by molar-refractivity contribution is 7.98. The number of nitrogens with zero attached hydrogens (tertiary/aromatic N) is 1. The van der Waals surface area contributed by atoms with Crippen LogP contribution in [-0.4, -0.2) is 23.2 Å². The highest BCUT2D eigenvalue weighted by Crippen LogP contribution is 2.41. The summed E-state index contributed by atoms with van der Waals surface area (Å²) in [7, 11) is 0. The largest absolute Gasteiger partial charge is 0.478 e. The van der Waals surface area contributed by atoms with Crippen LogP contribution in [0.25, 0.3) is 5.70 Å². The number of amides is 1. The van der Waals surface area contributed by atoms with E-state index in [-0.39, 0.29) is 5.91 Å². The lowest BCUT2D eigenvalue weighted by molar-refractivity contribution is -0.131. The van der Waals surface area contributed by atoms with Crippen molar-refractivity contribution >= 4 is 35.0 Å². The van der Waals surface area contributed by atoms with Crippen molar-refractivity contribution in [3.63, 3.8) is 0 Å². The van der Waals surface area contributed by atoms with Crippen LogP contribution in [0, 0.1) is 6.92 Å². The summed E-state index contributed by atoms with van der Waals surface area (Å²) in [6.45, 7) is 1.86. The molecule has 0 aromatic heterocycles. The molecular formula is C18H15NO3S. The Hall–Kier alpha value is -2.53. The van der Waals surface area contributed by atoms with Crippen molar-refractivity contribution in [2.75, 3.05) is 11.2 Å². The van der Waals surface area contributed by atoms with Gasteiger partial charge in [-0.3, -0.25) is 9.69 Å². The van der Waals surface area contributed by atoms with Gasteiger partial charge in [0.2, 0.25) is 0 Å². The molecule has 2 aromatic carbocycles. The molecule has 23 heavy (non-hydrogen) atoms. The first-order valence-corrected chi connectivity index (χ1v) is 8.29. The molecule has 5 heteroatoms. The molecule has 0 aliphatic carbocycles. The van der Waals surface area contributed by atoms with Crippen LogP contribution in [0.2, 0.25) is 0 Å². The van der Waals surface area contributed by atoms with E-state index in [1.165, 1.54) is 16.7 Å². The molecule has 2 aromatic rings. The summed E-state index contributed by atoms with van der Waals surface area (Å²) in [5.74, 6) is -1.26. The Morgan fingerprint density at radius 1 is 1.17 bits per heavy atom. The van der Waals surface area contributed by atoms with Gasteiger partial charge in [0.05, 0.1) is 16.9 Å². The molecule has 1 heterocycles. The van der Waals surface area contributed by atoms with Gasteiger partial charge in [-0.1, -0.05) is 30.3 Å². The van der Waals surface area contributed by atoms with Crippen molar-refractivity contribution < 1.29 is 14.7 Å². The van der Waals surface area contributed by atoms with Crippen LogP contribution in [-0.2, 0) is 4.79 Å². The quantitative estimate of drug-likeness (QED) is 0.689. The predicted octanol–water partition coefficient (Wildman–Crippen LogP) is 3.80. The minimum absolute atomic E-state index is 0.188. The van der Waals surface area contributed by atoms with Crippen molar-refractivity contribution in [1.29, 1.82) is 0 Å². The van der Waals surface area contributed by atoms with Crippen LogP contribution in [0.1, 0.15) is 21.5 Å². The van der Waals surface area contributed by atoms with Crippen molar-refractivity contribution in [2.45, 2.75) is 11.8 Å². The summed E-state index contributed by atoms with van der Waals surface area (Å²) in [5.41, 5.74) is 3.17. The van der Waals surface area contributed by atoms with E-state index in [0.29, 0.717) is 22.5 Å². The fraction of sp³-hybridized carbons (Fsp3) is 0.111. The molecule has 0 atom stereocenters. The molecule has 0 saturated carbocycles.